The van der Waals surface area contributed by atoms with Crippen molar-refractivity contribution < 1.29 is 13.2 Å². The second kappa shape index (κ2) is 8.47. The maximum Gasteiger partial charge on any atom is 0.253 e. The number of nitrogens with zero attached hydrogens (tertiary/aromatic N) is 1. The lowest BCUT2D eigenvalue weighted by Crippen LogP contribution is -2.30. The molecule has 2 rings (SSSR count). The second-order valence-corrected chi connectivity index (χ2v) is 7.66. The van der Waals surface area contributed by atoms with Gasteiger partial charge in [-0.15, -0.1) is 0 Å². The number of hydrogen-bond donors (Lipinski definition) is 1. The van der Waals surface area contributed by atoms with Crippen molar-refractivity contribution in [3.05, 3.63) is 64.7 Å². The van der Waals surface area contributed by atoms with E-state index in [-0.39, 0.29) is 17.3 Å². The van der Waals surface area contributed by atoms with Gasteiger partial charge in [0.1, 0.15) is 0 Å². The average Bonchev–Trinajstić information content (AvgIpc) is 2.61. The molecule has 0 aromatic heterocycles. The molecule has 0 bridgehead atoms. The largest absolute Gasteiger partial charge is 0.339 e. The van der Waals surface area contributed by atoms with Gasteiger partial charge in [-0.3, -0.25) is 4.79 Å². The van der Waals surface area contributed by atoms with Crippen molar-refractivity contribution in [3.8, 4) is 0 Å². The zero-order valence-electron chi connectivity index (χ0n) is 14.2. The van der Waals surface area contributed by atoms with E-state index in [0.717, 1.165) is 0 Å². The first-order valence-corrected chi connectivity index (χ1v) is 9.87. The molecule has 0 spiro atoms. The van der Waals surface area contributed by atoms with Crippen LogP contribution in [0.3, 0.4) is 0 Å². The number of benzene rings is 2. The Labute approximate surface area is 153 Å². The number of halogens is 1. The fourth-order valence-corrected chi connectivity index (χ4v) is 3.72. The van der Waals surface area contributed by atoms with Gasteiger partial charge in [-0.2, -0.15) is 0 Å². The van der Waals surface area contributed by atoms with E-state index in [0.29, 0.717) is 29.2 Å². The quantitative estimate of drug-likeness (QED) is 0.801. The van der Waals surface area contributed by atoms with Crippen molar-refractivity contribution in [2.24, 2.45) is 0 Å². The van der Waals surface area contributed by atoms with Crippen molar-refractivity contribution in [1.82, 2.24) is 9.62 Å². The van der Waals surface area contributed by atoms with Gasteiger partial charge in [-0.05, 0) is 49.7 Å². The van der Waals surface area contributed by atoms with Gasteiger partial charge < -0.3 is 4.90 Å². The molecule has 2 aromatic rings. The van der Waals surface area contributed by atoms with Crippen LogP contribution in [-0.2, 0) is 16.6 Å². The molecular weight excluding hydrogens is 360 g/mol. The summed E-state index contributed by atoms with van der Waals surface area (Å²) >= 11 is 5.85. The Hall–Kier alpha value is -1.89. The molecule has 0 unspecified atom stereocenters. The van der Waals surface area contributed by atoms with E-state index < -0.39 is 10.0 Å². The molecule has 1 amide bonds. The van der Waals surface area contributed by atoms with E-state index >= 15 is 0 Å². The van der Waals surface area contributed by atoms with E-state index in [1.165, 1.54) is 12.1 Å². The fourth-order valence-electron chi connectivity index (χ4n) is 2.40. The van der Waals surface area contributed by atoms with Crippen molar-refractivity contribution in [2.75, 3.05) is 13.1 Å². The third kappa shape index (κ3) is 5.04. The van der Waals surface area contributed by atoms with Crippen molar-refractivity contribution in [1.29, 1.82) is 0 Å². The van der Waals surface area contributed by atoms with Gasteiger partial charge in [0, 0.05) is 30.2 Å². The van der Waals surface area contributed by atoms with Gasteiger partial charge in [0.05, 0.1) is 4.90 Å². The Morgan fingerprint density at radius 1 is 1.08 bits per heavy atom. The average molecular weight is 381 g/mol. The molecule has 0 heterocycles. The Morgan fingerprint density at radius 2 is 1.76 bits per heavy atom. The third-order valence-corrected chi connectivity index (χ3v) is 5.43. The number of hydrogen-bond acceptors (Lipinski definition) is 3. The minimum atomic E-state index is -3.67. The van der Waals surface area contributed by atoms with Crippen molar-refractivity contribution in [3.63, 3.8) is 0 Å². The molecule has 0 aliphatic carbocycles. The first-order valence-electron chi connectivity index (χ1n) is 8.00. The van der Waals surface area contributed by atoms with E-state index in [2.05, 4.69) is 4.72 Å². The second-order valence-electron chi connectivity index (χ2n) is 5.46. The summed E-state index contributed by atoms with van der Waals surface area (Å²) in [6, 6.07) is 13.0. The molecule has 25 heavy (non-hydrogen) atoms. The molecule has 0 atom stereocenters. The van der Waals surface area contributed by atoms with Crippen LogP contribution in [-0.4, -0.2) is 32.3 Å². The Balaban J connectivity index is 2.13. The van der Waals surface area contributed by atoms with Crippen LogP contribution < -0.4 is 4.72 Å². The summed E-state index contributed by atoms with van der Waals surface area (Å²) < 4.78 is 27.2. The number of sulfonamides is 1. The highest BCUT2D eigenvalue weighted by atomic mass is 35.5. The molecule has 0 saturated heterocycles. The van der Waals surface area contributed by atoms with E-state index in [1.54, 1.807) is 41.3 Å². The minimum absolute atomic E-state index is 0.0652. The molecule has 134 valence electrons. The minimum Gasteiger partial charge on any atom is -0.339 e. The van der Waals surface area contributed by atoms with Gasteiger partial charge in [0.25, 0.3) is 5.91 Å². The predicted octanol–water partition coefficient (Wildman–Crippen LogP) is 3.30. The topological polar surface area (TPSA) is 66.5 Å². The lowest BCUT2D eigenvalue weighted by atomic mass is 10.1. The van der Waals surface area contributed by atoms with Crippen LogP contribution in [0.25, 0.3) is 0 Å². The van der Waals surface area contributed by atoms with Crippen LogP contribution in [0.5, 0.6) is 0 Å². The van der Waals surface area contributed by atoms with Crippen LogP contribution >= 0.6 is 11.6 Å². The number of amides is 1. The molecule has 0 fully saturated rings. The number of nitrogens with one attached hydrogen (secondary N) is 1. The molecule has 0 radical (unpaired) electrons. The molecule has 7 heteroatoms. The molecule has 0 aliphatic rings. The van der Waals surface area contributed by atoms with Gasteiger partial charge in [0.2, 0.25) is 10.0 Å². The third-order valence-electron chi connectivity index (χ3n) is 3.80. The first kappa shape index (κ1) is 19.4. The summed E-state index contributed by atoms with van der Waals surface area (Å²) in [6.45, 7) is 5.19. The SMILES string of the molecule is CCN(CC)C(=O)c1cccc(CNS(=O)(=O)c2cccc(Cl)c2)c1. The molecule has 2 aromatic carbocycles. The van der Waals surface area contributed by atoms with Gasteiger partial charge in [-0.1, -0.05) is 29.8 Å². The van der Waals surface area contributed by atoms with Crippen molar-refractivity contribution in [2.45, 2.75) is 25.3 Å². The maximum absolute atomic E-state index is 12.4. The van der Waals surface area contributed by atoms with Crippen LogP contribution in [0.4, 0.5) is 0 Å². The van der Waals surface area contributed by atoms with Gasteiger partial charge >= 0.3 is 0 Å². The van der Waals surface area contributed by atoms with Crippen LogP contribution in [0.2, 0.25) is 5.02 Å². The number of rotatable bonds is 7. The molecule has 0 aliphatic heterocycles. The summed E-state index contributed by atoms with van der Waals surface area (Å²) in [4.78, 5) is 14.2. The molecule has 0 saturated carbocycles. The smallest absolute Gasteiger partial charge is 0.253 e. The molecule has 5 nitrogen and oxygen atoms in total. The van der Waals surface area contributed by atoms with E-state index in [4.69, 9.17) is 11.6 Å². The summed E-state index contributed by atoms with van der Waals surface area (Å²) in [7, 11) is -3.67. The lowest BCUT2D eigenvalue weighted by molar-refractivity contribution is 0.0773. The lowest BCUT2D eigenvalue weighted by Gasteiger charge is -2.19. The Morgan fingerprint density at radius 3 is 2.40 bits per heavy atom. The highest BCUT2D eigenvalue weighted by Gasteiger charge is 2.15. The summed E-state index contributed by atoms with van der Waals surface area (Å²) in [5, 5.41) is 0.356. The standard InChI is InChI=1S/C18H21ClN2O3S/c1-3-21(4-2)18(22)15-8-5-7-14(11-15)13-20-25(23,24)17-10-6-9-16(19)12-17/h5-12,20H,3-4,13H2,1-2H3. The van der Waals surface area contributed by atoms with Gasteiger partial charge in [0.15, 0.2) is 0 Å². The normalized spacial score (nSPS) is 11.3. The van der Waals surface area contributed by atoms with E-state index in [1.807, 2.05) is 13.8 Å². The summed E-state index contributed by atoms with van der Waals surface area (Å²) in [5.41, 5.74) is 1.26. The Kier molecular flexibility index (Phi) is 6.58. The first-order chi connectivity index (χ1) is 11.9. The zero-order chi connectivity index (χ0) is 18.4. The number of carbonyl (C=O) groups excluding carboxylic acids is 1. The van der Waals surface area contributed by atoms with Crippen LogP contribution in [0, 0.1) is 0 Å². The number of carbonyl (C=O) groups is 1. The van der Waals surface area contributed by atoms with Crippen LogP contribution in [0.15, 0.2) is 53.4 Å². The molecule has 1 N–H and O–H groups in total. The Bertz CT molecular complexity index is 849. The fraction of sp³-hybridized carbons (Fsp3) is 0.278. The van der Waals surface area contributed by atoms with Gasteiger partial charge in [-0.25, -0.2) is 13.1 Å². The molecular formula is C18H21ClN2O3S. The monoisotopic (exact) mass is 380 g/mol. The summed E-state index contributed by atoms with van der Waals surface area (Å²) in [6.07, 6.45) is 0. The van der Waals surface area contributed by atoms with E-state index in [9.17, 15) is 13.2 Å². The summed E-state index contributed by atoms with van der Waals surface area (Å²) in [5.74, 6) is -0.0652. The predicted molar refractivity (Wildman–Crippen MR) is 99.2 cm³/mol. The highest BCUT2D eigenvalue weighted by Crippen LogP contribution is 2.16. The van der Waals surface area contributed by atoms with Crippen molar-refractivity contribution >= 4 is 27.5 Å². The van der Waals surface area contributed by atoms with Crippen LogP contribution in [0.1, 0.15) is 29.8 Å². The maximum atomic E-state index is 12.4. The zero-order valence-corrected chi connectivity index (χ0v) is 15.8. The highest BCUT2D eigenvalue weighted by molar-refractivity contribution is 7.89.